The number of rotatable bonds is 10. The van der Waals surface area contributed by atoms with Gasteiger partial charge in [0, 0.05) is 24.9 Å². The molecule has 0 saturated heterocycles. The Hall–Kier alpha value is -3.95. The van der Waals surface area contributed by atoms with Gasteiger partial charge in [0.2, 0.25) is 5.91 Å². The second-order valence-corrected chi connectivity index (χ2v) is 9.39. The fourth-order valence-corrected chi connectivity index (χ4v) is 4.47. The molecule has 0 bridgehead atoms. The van der Waals surface area contributed by atoms with E-state index in [-0.39, 0.29) is 29.7 Å². The Labute approximate surface area is 219 Å². The van der Waals surface area contributed by atoms with Crippen molar-refractivity contribution in [2.45, 2.75) is 18.6 Å². The third kappa shape index (κ3) is 6.84. The number of anilines is 1. The molecule has 0 unspecified atom stereocenters. The zero-order valence-electron chi connectivity index (χ0n) is 20.7. The molecule has 2 amide bonds. The number of fused-ring (bicyclic) bond motifs is 1. The molecule has 0 spiro atoms. The van der Waals surface area contributed by atoms with Crippen LogP contribution in [0.1, 0.15) is 21.5 Å². The van der Waals surface area contributed by atoms with Crippen molar-refractivity contribution in [3.8, 4) is 0 Å². The third-order valence-electron chi connectivity index (χ3n) is 5.64. The van der Waals surface area contributed by atoms with Crippen molar-refractivity contribution < 1.29 is 14.3 Å². The second kappa shape index (κ2) is 12.3. The summed E-state index contributed by atoms with van der Waals surface area (Å²) in [5.41, 5.74) is 3.56. The van der Waals surface area contributed by atoms with Gasteiger partial charge in [0.25, 0.3) is 11.5 Å². The van der Waals surface area contributed by atoms with Crippen molar-refractivity contribution in [1.82, 2.24) is 14.9 Å². The highest BCUT2D eigenvalue weighted by Crippen LogP contribution is 2.20. The van der Waals surface area contributed by atoms with Crippen molar-refractivity contribution in [3.05, 3.63) is 99.8 Å². The SMILES string of the molecule is COCCNC(=O)c1ccc(Cn2c(SCC(=O)Nc3ccc(C)cc3)nc3ccccc3c2=O)cc1. The molecule has 0 aliphatic carbocycles. The lowest BCUT2D eigenvalue weighted by Gasteiger charge is -2.14. The maximum absolute atomic E-state index is 13.4. The van der Waals surface area contributed by atoms with Gasteiger partial charge in [-0.05, 0) is 48.9 Å². The van der Waals surface area contributed by atoms with Crippen LogP contribution in [-0.4, -0.2) is 47.4 Å². The van der Waals surface area contributed by atoms with Crippen LogP contribution >= 0.6 is 11.8 Å². The number of nitrogens with zero attached hydrogens (tertiary/aromatic N) is 2. The van der Waals surface area contributed by atoms with Crippen LogP contribution in [0.25, 0.3) is 10.9 Å². The molecule has 0 radical (unpaired) electrons. The third-order valence-corrected chi connectivity index (χ3v) is 6.62. The number of aryl methyl sites for hydroxylation is 1. The number of nitrogens with one attached hydrogen (secondary N) is 2. The van der Waals surface area contributed by atoms with E-state index in [0.717, 1.165) is 11.1 Å². The Morgan fingerprint density at radius 2 is 1.73 bits per heavy atom. The lowest BCUT2D eigenvalue weighted by molar-refractivity contribution is -0.113. The minimum atomic E-state index is -0.191. The summed E-state index contributed by atoms with van der Waals surface area (Å²) in [5.74, 6) is -0.283. The minimum absolute atomic E-state index is 0.0965. The molecule has 0 fully saturated rings. The highest BCUT2D eigenvalue weighted by Gasteiger charge is 2.14. The van der Waals surface area contributed by atoms with Gasteiger partial charge in [0.05, 0.1) is 29.8 Å². The summed E-state index contributed by atoms with van der Waals surface area (Å²) in [5, 5.41) is 6.61. The van der Waals surface area contributed by atoms with E-state index in [0.29, 0.717) is 40.5 Å². The van der Waals surface area contributed by atoms with Gasteiger partial charge >= 0.3 is 0 Å². The lowest BCUT2D eigenvalue weighted by Crippen LogP contribution is -2.27. The standard InChI is InChI=1S/C28H28N4O4S/c1-19-7-13-22(14-8-19)30-25(33)18-37-28-31-24-6-4-3-5-23(24)27(35)32(28)17-20-9-11-21(12-10-20)26(34)29-15-16-36-2/h3-14H,15-18H2,1-2H3,(H,29,34)(H,30,33). The highest BCUT2D eigenvalue weighted by atomic mass is 32.2. The van der Waals surface area contributed by atoms with Gasteiger partial charge < -0.3 is 15.4 Å². The Kier molecular flexibility index (Phi) is 8.71. The van der Waals surface area contributed by atoms with Gasteiger partial charge in [-0.15, -0.1) is 0 Å². The lowest BCUT2D eigenvalue weighted by atomic mass is 10.1. The molecule has 2 N–H and O–H groups in total. The van der Waals surface area contributed by atoms with Crippen LogP contribution in [0.5, 0.6) is 0 Å². The zero-order valence-corrected chi connectivity index (χ0v) is 21.5. The summed E-state index contributed by atoms with van der Waals surface area (Å²) < 4.78 is 6.52. The van der Waals surface area contributed by atoms with Crippen LogP contribution < -0.4 is 16.2 Å². The Morgan fingerprint density at radius 3 is 2.46 bits per heavy atom. The van der Waals surface area contributed by atoms with Crippen molar-refractivity contribution >= 4 is 40.2 Å². The Bertz CT molecular complexity index is 1450. The average molecular weight is 517 g/mol. The molecular weight excluding hydrogens is 488 g/mol. The van der Waals surface area contributed by atoms with E-state index < -0.39 is 0 Å². The minimum Gasteiger partial charge on any atom is -0.383 e. The van der Waals surface area contributed by atoms with Gasteiger partial charge in [-0.2, -0.15) is 0 Å². The summed E-state index contributed by atoms with van der Waals surface area (Å²) in [7, 11) is 1.58. The number of para-hydroxylation sites is 1. The van der Waals surface area contributed by atoms with E-state index in [1.165, 1.54) is 11.8 Å². The number of carbonyl (C=O) groups is 2. The largest absolute Gasteiger partial charge is 0.383 e. The molecule has 1 aromatic heterocycles. The van der Waals surface area contributed by atoms with Gasteiger partial charge in [-0.1, -0.05) is 53.7 Å². The number of hydrogen-bond acceptors (Lipinski definition) is 6. The number of aromatic nitrogens is 2. The molecule has 37 heavy (non-hydrogen) atoms. The monoisotopic (exact) mass is 516 g/mol. The molecule has 9 heteroatoms. The summed E-state index contributed by atoms with van der Waals surface area (Å²) in [6.07, 6.45) is 0. The number of amides is 2. The molecule has 0 aliphatic rings. The van der Waals surface area contributed by atoms with Crippen LogP contribution in [0.15, 0.2) is 82.7 Å². The van der Waals surface area contributed by atoms with Crippen molar-refractivity contribution in [1.29, 1.82) is 0 Å². The average Bonchev–Trinajstić information content (AvgIpc) is 2.91. The highest BCUT2D eigenvalue weighted by molar-refractivity contribution is 7.99. The summed E-state index contributed by atoms with van der Waals surface area (Å²) in [6.45, 7) is 3.10. The van der Waals surface area contributed by atoms with Crippen LogP contribution in [0, 0.1) is 6.92 Å². The van der Waals surface area contributed by atoms with Crippen molar-refractivity contribution in [2.75, 3.05) is 31.3 Å². The van der Waals surface area contributed by atoms with Crippen LogP contribution in [0.3, 0.4) is 0 Å². The van der Waals surface area contributed by atoms with Gasteiger partial charge in [0.1, 0.15) is 0 Å². The quantitative estimate of drug-likeness (QED) is 0.189. The topological polar surface area (TPSA) is 102 Å². The predicted molar refractivity (Wildman–Crippen MR) is 146 cm³/mol. The van der Waals surface area contributed by atoms with E-state index in [1.54, 1.807) is 42.0 Å². The summed E-state index contributed by atoms with van der Waals surface area (Å²) in [6, 6.07) is 21.8. The Balaban J connectivity index is 1.53. The van der Waals surface area contributed by atoms with Gasteiger partial charge in [-0.25, -0.2) is 4.98 Å². The van der Waals surface area contributed by atoms with E-state index in [1.807, 2.05) is 49.4 Å². The number of ether oxygens (including phenoxy) is 1. The molecule has 1 heterocycles. The van der Waals surface area contributed by atoms with E-state index in [9.17, 15) is 14.4 Å². The number of benzene rings is 3. The summed E-state index contributed by atoms with van der Waals surface area (Å²) >= 11 is 1.21. The van der Waals surface area contributed by atoms with Crippen molar-refractivity contribution in [2.24, 2.45) is 0 Å². The summed E-state index contributed by atoms with van der Waals surface area (Å²) in [4.78, 5) is 42.9. The van der Waals surface area contributed by atoms with Crippen LogP contribution in [-0.2, 0) is 16.1 Å². The molecule has 0 atom stereocenters. The Morgan fingerprint density at radius 1 is 1.00 bits per heavy atom. The fourth-order valence-electron chi connectivity index (χ4n) is 3.67. The molecule has 4 rings (SSSR count). The van der Waals surface area contributed by atoms with Crippen molar-refractivity contribution in [3.63, 3.8) is 0 Å². The maximum atomic E-state index is 13.4. The van der Waals surface area contributed by atoms with Crippen LogP contribution in [0.2, 0.25) is 0 Å². The predicted octanol–water partition coefficient (Wildman–Crippen LogP) is 3.86. The number of hydrogen-bond donors (Lipinski definition) is 2. The van der Waals surface area contributed by atoms with Gasteiger partial charge in [-0.3, -0.25) is 19.0 Å². The van der Waals surface area contributed by atoms with E-state index in [2.05, 4.69) is 15.6 Å². The fraction of sp³-hybridized carbons (Fsp3) is 0.214. The molecule has 0 aliphatic heterocycles. The first-order valence-corrected chi connectivity index (χ1v) is 12.8. The first-order chi connectivity index (χ1) is 17.9. The first-order valence-electron chi connectivity index (χ1n) is 11.8. The molecule has 0 saturated carbocycles. The first kappa shape index (κ1) is 26.1. The molecule has 4 aromatic rings. The normalized spacial score (nSPS) is 10.9. The maximum Gasteiger partial charge on any atom is 0.262 e. The van der Waals surface area contributed by atoms with E-state index >= 15 is 0 Å². The van der Waals surface area contributed by atoms with E-state index in [4.69, 9.17) is 4.74 Å². The number of thioether (sulfide) groups is 1. The van der Waals surface area contributed by atoms with Crippen LogP contribution in [0.4, 0.5) is 5.69 Å². The zero-order chi connectivity index (χ0) is 26.2. The number of methoxy groups -OCH3 is 1. The number of carbonyl (C=O) groups excluding carboxylic acids is 2. The molecule has 190 valence electrons. The second-order valence-electron chi connectivity index (χ2n) is 8.45. The molecular formula is C28H28N4O4S. The smallest absolute Gasteiger partial charge is 0.262 e. The van der Waals surface area contributed by atoms with Gasteiger partial charge in [0.15, 0.2) is 5.16 Å². The molecule has 8 nitrogen and oxygen atoms in total. The molecule has 3 aromatic carbocycles.